The molecule has 1 saturated carbocycles. The smallest absolute Gasteiger partial charge is 0.287 e. The molecule has 1 fully saturated rings. The summed E-state index contributed by atoms with van der Waals surface area (Å²) in [4.78, 5) is 12.2. The SMILES string of the molecule is CC[C@@H]1CCC[C@H](NC(=O)c2ccc(CNS(C)(=O)=O)o2)C1. The average molecular weight is 328 g/mol. The Bertz CT molecular complexity index is 609. The molecule has 0 aromatic carbocycles. The second kappa shape index (κ2) is 7.28. The summed E-state index contributed by atoms with van der Waals surface area (Å²) in [5.74, 6) is 1.10. The molecule has 1 aromatic rings. The zero-order valence-electron chi connectivity index (χ0n) is 13.1. The van der Waals surface area contributed by atoms with Crippen molar-refractivity contribution in [1.29, 1.82) is 0 Å². The molecule has 1 aromatic heterocycles. The van der Waals surface area contributed by atoms with Gasteiger partial charge in [-0.2, -0.15) is 0 Å². The molecule has 1 heterocycles. The average Bonchev–Trinajstić information content (AvgIpc) is 2.94. The van der Waals surface area contributed by atoms with Crippen molar-refractivity contribution < 1.29 is 17.6 Å². The van der Waals surface area contributed by atoms with Crippen LogP contribution in [0.4, 0.5) is 0 Å². The fraction of sp³-hybridized carbons (Fsp3) is 0.667. The summed E-state index contributed by atoms with van der Waals surface area (Å²) in [5.41, 5.74) is 0. The summed E-state index contributed by atoms with van der Waals surface area (Å²) in [6.45, 7) is 2.23. The van der Waals surface area contributed by atoms with Crippen molar-refractivity contribution in [1.82, 2.24) is 10.0 Å². The van der Waals surface area contributed by atoms with Crippen LogP contribution in [0.3, 0.4) is 0 Å². The van der Waals surface area contributed by atoms with E-state index in [1.54, 1.807) is 12.1 Å². The maximum Gasteiger partial charge on any atom is 0.287 e. The van der Waals surface area contributed by atoms with Crippen LogP contribution in [0, 0.1) is 5.92 Å². The molecule has 0 bridgehead atoms. The highest BCUT2D eigenvalue weighted by molar-refractivity contribution is 7.88. The first-order valence-electron chi connectivity index (χ1n) is 7.71. The molecule has 7 heteroatoms. The van der Waals surface area contributed by atoms with E-state index < -0.39 is 10.0 Å². The van der Waals surface area contributed by atoms with E-state index in [0.29, 0.717) is 11.7 Å². The summed E-state index contributed by atoms with van der Waals surface area (Å²) in [7, 11) is -3.28. The number of furan rings is 1. The quantitative estimate of drug-likeness (QED) is 0.836. The van der Waals surface area contributed by atoms with Crippen LogP contribution in [0.15, 0.2) is 16.5 Å². The topological polar surface area (TPSA) is 88.4 Å². The Morgan fingerprint density at radius 1 is 1.36 bits per heavy atom. The number of carbonyl (C=O) groups excluding carboxylic acids is 1. The van der Waals surface area contributed by atoms with Crippen molar-refractivity contribution in [2.75, 3.05) is 6.26 Å². The number of hydrogen-bond acceptors (Lipinski definition) is 4. The van der Waals surface area contributed by atoms with Gasteiger partial charge in [0.15, 0.2) is 5.76 Å². The van der Waals surface area contributed by atoms with Gasteiger partial charge in [-0.3, -0.25) is 4.79 Å². The lowest BCUT2D eigenvalue weighted by Crippen LogP contribution is -2.38. The molecule has 2 atom stereocenters. The molecular formula is C15H24N2O4S. The van der Waals surface area contributed by atoms with Gasteiger partial charge in [0, 0.05) is 6.04 Å². The largest absolute Gasteiger partial charge is 0.455 e. The Hall–Kier alpha value is -1.34. The first kappa shape index (κ1) is 17.0. The van der Waals surface area contributed by atoms with E-state index in [-0.39, 0.29) is 24.3 Å². The van der Waals surface area contributed by atoms with E-state index >= 15 is 0 Å². The molecule has 2 rings (SSSR count). The van der Waals surface area contributed by atoms with Gasteiger partial charge in [0.05, 0.1) is 12.8 Å². The van der Waals surface area contributed by atoms with Gasteiger partial charge >= 0.3 is 0 Å². The van der Waals surface area contributed by atoms with Gasteiger partial charge in [0.25, 0.3) is 5.91 Å². The monoisotopic (exact) mass is 328 g/mol. The van der Waals surface area contributed by atoms with Crippen LogP contribution in [0.2, 0.25) is 0 Å². The van der Waals surface area contributed by atoms with Gasteiger partial charge in [0.1, 0.15) is 5.76 Å². The number of sulfonamides is 1. The van der Waals surface area contributed by atoms with Crippen molar-refractivity contribution in [2.45, 2.75) is 51.6 Å². The first-order valence-corrected chi connectivity index (χ1v) is 9.60. The highest BCUT2D eigenvalue weighted by Crippen LogP contribution is 2.26. The lowest BCUT2D eigenvalue weighted by atomic mass is 9.84. The van der Waals surface area contributed by atoms with Gasteiger partial charge < -0.3 is 9.73 Å². The number of rotatable bonds is 6. The van der Waals surface area contributed by atoms with E-state index in [1.807, 2.05) is 0 Å². The zero-order valence-corrected chi connectivity index (χ0v) is 13.9. The predicted octanol–water partition coefficient (Wildman–Crippen LogP) is 2.03. The second-order valence-electron chi connectivity index (χ2n) is 5.97. The molecule has 0 unspecified atom stereocenters. The van der Waals surface area contributed by atoms with E-state index in [9.17, 15) is 13.2 Å². The molecule has 22 heavy (non-hydrogen) atoms. The molecule has 0 radical (unpaired) electrons. The van der Waals surface area contributed by atoms with Crippen LogP contribution in [0.5, 0.6) is 0 Å². The van der Waals surface area contributed by atoms with Crippen LogP contribution in [-0.4, -0.2) is 26.6 Å². The Labute approximate surface area is 131 Å². The van der Waals surface area contributed by atoms with Crippen molar-refractivity contribution in [2.24, 2.45) is 5.92 Å². The number of amides is 1. The minimum atomic E-state index is -3.28. The van der Waals surface area contributed by atoms with E-state index in [2.05, 4.69) is 17.0 Å². The van der Waals surface area contributed by atoms with Gasteiger partial charge in [-0.1, -0.05) is 26.2 Å². The standard InChI is InChI=1S/C15H24N2O4S/c1-3-11-5-4-6-12(9-11)17-15(18)14-8-7-13(21-14)10-16-22(2,19)20/h7-8,11-12,16H,3-6,9-10H2,1-2H3,(H,17,18)/t11-,12+/m1/s1. The summed E-state index contributed by atoms with van der Waals surface area (Å²) >= 11 is 0. The molecule has 1 amide bonds. The molecule has 0 saturated heterocycles. The van der Waals surface area contributed by atoms with Gasteiger partial charge in [-0.15, -0.1) is 0 Å². The van der Waals surface area contributed by atoms with Crippen molar-refractivity contribution in [3.8, 4) is 0 Å². The third-order valence-electron chi connectivity index (χ3n) is 4.09. The minimum absolute atomic E-state index is 0.0491. The molecule has 124 valence electrons. The third kappa shape index (κ3) is 5.14. The van der Waals surface area contributed by atoms with Gasteiger partial charge in [-0.25, -0.2) is 13.1 Å². The lowest BCUT2D eigenvalue weighted by molar-refractivity contribution is 0.0889. The summed E-state index contributed by atoms with van der Waals surface area (Å²) < 4.78 is 29.8. The molecule has 1 aliphatic carbocycles. The molecule has 2 N–H and O–H groups in total. The maximum atomic E-state index is 12.2. The number of hydrogen-bond donors (Lipinski definition) is 2. The van der Waals surface area contributed by atoms with Gasteiger partial charge in [0.2, 0.25) is 10.0 Å². The van der Waals surface area contributed by atoms with Crippen molar-refractivity contribution in [3.63, 3.8) is 0 Å². The third-order valence-corrected chi connectivity index (χ3v) is 4.76. The van der Waals surface area contributed by atoms with Crippen molar-refractivity contribution >= 4 is 15.9 Å². The molecule has 1 aliphatic rings. The molecule has 0 spiro atoms. The predicted molar refractivity (Wildman–Crippen MR) is 83.9 cm³/mol. The van der Waals surface area contributed by atoms with E-state index in [0.717, 1.165) is 31.9 Å². The van der Waals surface area contributed by atoms with Crippen LogP contribution in [-0.2, 0) is 16.6 Å². The Balaban J connectivity index is 1.89. The molecule has 6 nitrogen and oxygen atoms in total. The maximum absolute atomic E-state index is 12.2. The Morgan fingerprint density at radius 3 is 2.82 bits per heavy atom. The minimum Gasteiger partial charge on any atom is -0.455 e. The summed E-state index contributed by atoms with van der Waals surface area (Å²) in [6.07, 6.45) is 6.64. The first-order chi connectivity index (χ1) is 10.4. The highest BCUT2D eigenvalue weighted by atomic mass is 32.2. The van der Waals surface area contributed by atoms with Crippen molar-refractivity contribution in [3.05, 3.63) is 23.7 Å². The second-order valence-corrected chi connectivity index (χ2v) is 7.80. The van der Waals surface area contributed by atoms with E-state index in [4.69, 9.17) is 4.42 Å². The molecular weight excluding hydrogens is 304 g/mol. The lowest BCUT2D eigenvalue weighted by Gasteiger charge is -2.28. The van der Waals surface area contributed by atoms with Crippen LogP contribution >= 0.6 is 0 Å². The number of carbonyl (C=O) groups is 1. The van der Waals surface area contributed by atoms with E-state index in [1.165, 1.54) is 6.42 Å². The molecule has 0 aliphatic heterocycles. The highest BCUT2D eigenvalue weighted by Gasteiger charge is 2.23. The van der Waals surface area contributed by atoms with Crippen LogP contribution in [0.25, 0.3) is 0 Å². The Morgan fingerprint density at radius 2 is 2.14 bits per heavy atom. The van der Waals surface area contributed by atoms with Crippen LogP contribution in [0.1, 0.15) is 55.3 Å². The normalized spacial score (nSPS) is 22.5. The van der Waals surface area contributed by atoms with Gasteiger partial charge in [-0.05, 0) is 30.9 Å². The number of nitrogens with one attached hydrogen (secondary N) is 2. The zero-order chi connectivity index (χ0) is 16.2. The van der Waals surface area contributed by atoms with Crippen LogP contribution < -0.4 is 10.0 Å². The fourth-order valence-corrected chi connectivity index (χ4v) is 3.25. The summed E-state index contributed by atoms with van der Waals surface area (Å²) in [5, 5.41) is 3.01. The fourth-order valence-electron chi connectivity index (χ4n) is 2.85. The Kier molecular flexibility index (Phi) is 5.63. The summed E-state index contributed by atoms with van der Waals surface area (Å²) in [6, 6.07) is 3.39.